The number of morpholine rings is 1. The molecule has 0 aliphatic carbocycles. The molecule has 1 aromatic heterocycles. The number of hydrogen-bond acceptors (Lipinski definition) is 6. The molecule has 0 saturated carbocycles. The topological polar surface area (TPSA) is 87.7 Å². The Hall–Kier alpha value is -1.94. The Morgan fingerprint density at radius 1 is 1.15 bits per heavy atom. The standard InChI is InChI=1S/C17H21N3O4S2/c21-17(18-7-8-20-9-11-24-12-10-20)14-3-5-15(6-4-14)19-26(22,23)16-2-1-13-25-16/h1-6,13,19H,7-12H2,(H,18,21). The van der Waals surface area contributed by atoms with Crippen molar-refractivity contribution in [2.75, 3.05) is 44.1 Å². The van der Waals surface area contributed by atoms with E-state index in [1.54, 1.807) is 41.8 Å². The molecule has 3 rings (SSSR count). The van der Waals surface area contributed by atoms with E-state index in [2.05, 4.69) is 14.9 Å². The number of ether oxygens (including phenoxy) is 1. The fourth-order valence-electron chi connectivity index (χ4n) is 2.57. The summed E-state index contributed by atoms with van der Waals surface area (Å²) >= 11 is 1.15. The van der Waals surface area contributed by atoms with Crippen LogP contribution >= 0.6 is 11.3 Å². The molecule has 1 saturated heterocycles. The summed E-state index contributed by atoms with van der Waals surface area (Å²) in [6.45, 7) is 4.58. The van der Waals surface area contributed by atoms with Gasteiger partial charge in [-0.05, 0) is 35.7 Å². The second-order valence-corrected chi connectivity index (χ2v) is 8.68. The van der Waals surface area contributed by atoms with Crippen LogP contribution in [0.2, 0.25) is 0 Å². The van der Waals surface area contributed by atoms with Crippen molar-refractivity contribution in [1.29, 1.82) is 0 Å². The third kappa shape index (κ3) is 5.04. The van der Waals surface area contributed by atoms with Crippen LogP contribution in [0.25, 0.3) is 0 Å². The van der Waals surface area contributed by atoms with Crippen LogP contribution in [0.15, 0.2) is 46.0 Å². The van der Waals surface area contributed by atoms with E-state index < -0.39 is 10.0 Å². The summed E-state index contributed by atoms with van der Waals surface area (Å²) in [6.07, 6.45) is 0. The SMILES string of the molecule is O=C(NCCN1CCOCC1)c1ccc(NS(=O)(=O)c2cccs2)cc1. The molecule has 140 valence electrons. The Labute approximate surface area is 157 Å². The second kappa shape index (κ2) is 8.63. The number of hydrogen-bond donors (Lipinski definition) is 2. The van der Waals surface area contributed by atoms with E-state index in [4.69, 9.17) is 4.74 Å². The number of rotatable bonds is 7. The van der Waals surface area contributed by atoms with Crippen LogP contribution in [0.3, 0.4) is 0 Å². The molecule has 0 atom stereocenters. The summed E-state index contributed by atoms with van der Waals surface area (Å²) in [7, 11) is -3.58. The molecule has 1 aliphatic rings. The lowest BCUT2D eigenvalue weighted by molar-refractivity contribution is 0.0383. The first-order valence-electron chi connectivity index (χ1n) is 8.29. The molecule has 0 bridgehead atoms. The largest absolute Gasteiger partial charge is 0.379 e. The Balaban J connectivity index is 1.51. The predicted molar refractivity (Wildman–Crippen MR) is 101 cm³/mol. The highest BCUT2D eigenvalue weighted by atomic mass is 32.2. The van der Waals surface area contributed by atoms with Crippen molar-refractivity contribution in [3.05, 3.63) is 47.3 Å². The number of thiophene rings is 1. The maximum atomic E-state index is 12.2. The normalized spacial score (nSPS) is 15.5. The molecule has 1 aliphatic heterocycles. The van der Waals surface area contributed by atoms with Crippen molar-refractivity contribution in [1.82, 2.24) is 10.2 Å². The fourth-order valence-corrected chi connectivity index (χ4v) is 4.62. The smallest absolute Gasteiger partial charge is 0.271 e. The summed E-state index contributed by atoms with van der Waals surface area (Å²) in [5, 5.41) is 4.59. The quantitative estimate of drug-likeness (QED) is 0.744. The van der Waals surface area contributed by atoms with Gasteiger partial charge in [0, 0.05) is 37.4 Å². The highest BCUT2D eigenvalue weighted by molar-refractivity contribution is 7.94. The van der Waals surface area contributed by atoms with E-state index in [0.717, 1.165) is 44.2 Å². The van der Waals surface area contributed by atoms with Crippen molar-refractivity contribution in [2.45, 2.75) is 4.21 Å². The Morgan fingerprint density at radius 2 is 1.88 bits per heavy atom. The lowest BCUT2D eigenvalue weighted by Crippen LogP contribution is -2.41. The average Bonchev–Trinajstić information content (AvgIpc) is 3.19. The molecule has 0 spiro atoms. The minimum Gasteiger partial charge on any atom is -0.379 e. The van der Waals surface area contributed by atoms with Gasteiger partial charge in [0.05, 0.1) is 13.2 Å². The molecule has 0 radical (unpaired) electrons. The number of amides is 1. The molecule has 9 heteroatoms. The first-order chi connectivity index (χ1) is 12.5. The molecule has 1 amide bonds. The van der Waals surface area contributed by atoms with Gasteiger partial charge < -0.3 is 10.1 Å². The molecule has 1 fully saturated rings. The molecule has 26 heavy (non-hydrogen) atoms. The minimum absolute atomic E-state index is 0.175. The fraction of sp³-hybridized carbons (Fsp3) is 0.353. The van der Waals surface area contributed by atoms with Gasteiger partial charge in [0.25, 0.3) is 15.9 Å². The van der Waals surface area contributed by atoms with Crippen molar-refractivity contribution in [2.24, 2.45) is 0 Å². The van der Waals surface area contributed by atoms with Crippen molar-refractivity contribution < 1.29 is 17.9 Å². The molecular weight excluding hydrogens is 374 g/mol. The third-order valence-corrected chi connectivity index (χ3v) is 6.76. The summed E-state index contributed by atoms with van der Waals surface area (Å²) in [5.74, 6) is -0.175. The van der Waals surface area contributed by atoms with Crippen LogP contribution in [-0.4, -0.2) is 58.6 Å². The number of benzene rings is 1. The van der Waals surface area contributed by atoms with Gasteiger partial charge in [-0.2, -0.15) is 0 Å². The zero-order chi connectivity index (χ0) is 18.4. The lowest BCUT2D eigenvalue weighted by Gasteiger charge is -2.26. The van der Waals surface area contributed by atoms with Gasteiger partial charge >= 0.3 is 0 Å². The summed E-state index contributed by atoms with van der Waals surface area (Å²) in [6, 6.07) is 9.61. The summed E-state index contributed by atoms with van der Waals surface area (Å²) < 4.78 is 32.4. The van der Waals surface area contributed by atoms with Gasteiger partial charge in [0.1, 0.15) is 4.21 Å². The van der Waals surface area contributed by atoms with Crippen LogP contribution in [0.5, 0.6) is 0 Å². The number of nitrogens with zero attached hydrogens (tertiary/aromatic N) is 1. The average molecular weight is 396 g/mol. The molecule has 7 nitrogen and oxygen atoms in total. The molecule has 2 aromatic rings. The van der Waals surface area contributed by atoms with E-state index in [-0.39, 0.29) is 10.1 Å². The van der Waals surface area contributed by atoms with Crippen molar-refractivity contribution in [3.8, 4) is 0 Å². The van der Waals surface area contributed by atoms with Crippen LogP contribution in [0.1, 0.15) is 10.4 Å². The molecule has 0 unspecified atom stereocenters. The van der Waals surface area contributed by atoms with Crippen LogP contribution in [0, 0.1) is 0 Å². The van der Waals surface area contributed by atoms with Gasteiger partial charge in [0.15, 0.2) is 0 Å². The summed E-state index contributed by atoms with van der Waals surface area (Å²) in [4.78, 5) is 14.4. The highest BCUT2D eigenvalue weighted by Gasteiger charge is 2.15. The second-order valence-electron chi connectivity index (χ2n) is 5.82. The van der Waals surface area contributed by atoms with Gasteiger partial charge in [-0.1, -0.05) is 6.07 Å². The Morgan fingerprint density at radius 3 is 2.54 bits per heavy atom. The zero-order valence-electron chi connectivity index (χ0n) is 14.2. The first-order valence-corrected chi connectivity index (χ1v) is 10.7. The van der Waals surface area contributed by atoms with Crippen LogP contribution < -0.4 is 10.0 Å². The highest BCUT2D eigenvalue weighted by Crippen LogP contribution is 2.20. The van der Waals surface area contributed by atoms with E-state index in [1.165, 1.54) is 0 Å². The zero-order valence-corrected chi connectivity index (χ0v) is 15.8. The number of anilines is 1. The Bertz CT molecular complexity index is 814. The Kier molecular flexibility index (Phi) is 6.25. The first kappa shape index (κ1) is 18.8. The maximum absolute atomic E-state index is 12.2. The molecular formula is C17H21N3O4S2. The predicted octanol–water partition coefficient (Wildman–Crippen LogP) is 1.61. The number of carbonyl (C=O) groups is 1. The van der Waals surface area contributed by atoms with Gasteiger partial charge in [-0.15, -0.1) is 11.3 Å². The molecule has 2 N–H and O–H groups in total. The van der Waals surface area contributed by atoms with Crippen LogP contribution in [-0.2, 0) is 14.8 Å². The summed E-state index contributed by atoms with van der Waals surface area (Å²) in [5.41, 5.74) is 0.911. The maximum Gasteiger partial charge on any atom is 0.271 e. The van der Waals surface area contributed by atoms with E-state index >= 15 is 0 Å². The number of nitrogens with one attached hydrogen (secondary N) is 2. The van der Waals surface area contributed by atoms with E-state index in [0.29, 0.717) is 17.8 Å². The van der Waals surface area contributed by atoms with Crippen molar-refractivity contribution in [3.63, 3.8) is 0 Å². The van der Waals surface area contributed by atoms with E-state index in [9.17, 15) is 13.2 Å². The van der Waals surface area contributed by atoms with Crippen LogP contribution in [0.4, 0.5) is 5.69 Å². The lowest BCUT2D eigenvalue weighted by atomic mass is 10.2. The monoisotopic (exact) mass is 395 g/mol. The van der Waals surface area contributed by atoms with Gasteiger partial charge in [-0.25, -0.2) is 8.42 Å². The third-order valence-electron chi connectivity index (χ3n) is 3.98. The number of sulfonamides is 1. The van der Waals surface area contributed by atoms with Gasteiger partial charge in [0.2, 0.25) is 0 Å². The van der Waals surface area contributed by atoms with Gasteiger partial charge in [-0.3, -0.25) is 14.4 Å². The minimum atomic E-state index is -3.58. The molecule has 1 aromatic carbocycles. The van der Waals surface area contributed by atoms with Crippen molar-refractivity contribution >= 4 is 33.0 Å². The number of carbonyl (C=O) groups excluding carboxylic acids is 1. The molecule has 2 heterocycles. The van der Waals surface area contributed by atoms with E-state index in [1.807, 2.05) is 0 Å².